The number of benzene rings is 1. The molecule has 1 saturated heterocycles. The number of anilines is 1. The first-order valence-electron chi connectivity index (χ1n) is 6.97. The first-order chi connectivity index (χ1) is 8.79. The molecular formula is C15H22N2O. The minimum absolute atomic E-state index is 0.436. The van der Waals surface area contributed by atoms with Crippen LogP contribution in [0.4, 0.5) is 5.69 Å². The maximum Gasteiger partial charge on any atom is 0.0779 e. The van der Waals surface area contributed by atoms with Gasteiger partial charge in [-0.25, -0.2) is 0 Å². The van der Waals surface area contributed by atoms with Gasteiger partial charge in [-0.15, -0.1) is 0 Å². The highest BCUT2D eigenvalue weighted by atomic mass is 16.5. The third kappa shape index (κ3) is 2.02. The zero-order chi connectivity index (χ0) is 12.5. The van der Waals surface area contributed by atoms with Crippen LogP contribution in [-0.4, -0.2) is 25.3 Å². The summed E-state index contributed by atoms with van der Waals surface area (Å²) in [6.45, 7) is 4.59. The fourth-order valence-corrected chi connectivity index (χ4v) is 3.38. The zero-order valence-corrected chi connectivity index (χ0v) is 11.1. The highest BCUT2D eigenvalue weighted by Gasteiger charge is 2.36. The first kappa shape index (κ1) is 12.0. The minimum atomic E-state index is 0.436. The Morgan fingerprint density at radius 1 is 1.39 bits per heavy atom. The lowest BCUT2D eigenvalue weighted by Gasteiger charge is -2.40. The van der Waals surface area contributed by atoms with Crippen LogP contribution in [0.2, 0.25) is 0 Å². The molecule has 1 saturated carbocycles. The molecule has 98 valence electrons. The second-order valence-electron chi connectivity index (χ2n) is 5.44. The SMILES string of the molecule is Cc1ccc(N2CCOC3CCCC32)c(CN)c1. The molecule has 3 nitrogen and oxygen atoms in total. The van der Waals surface area contributed by atoms with Gasteiger partial charge in [0.1, 0.15) is 0 Å². The fraction of sp³-hybridized carbons (Fsp3) is 0.600. The molecule has 2 fully saturated rings. The van der Waals surface area contributed by atoms with Gasteiger partial charge < -0.3 is 15.4 Å². The van der Waals surface area contributed by atoms with E-state index in [1.165, 1.54) is 36.1 Å². The van der Waals surface area contributed by atoms with Crippen molar-refractivity contribution in [1.82, 2.24) is 0 Å². The van der Waals surface area contributed by atoms with E-state index >= 15 is 0 Å². The predicted octanol–water partition coefficient (Wildman–Crippen LogP) is 2.21. The van der Waals surface area contributed by atoms with Crippen molar-refractivity contribution in [3.05, 3.63) is 29.3 Å². The van der Waals surface area contributed by atoms with Gasteiger partial charge in [-0.3, -0.25) is 0 Å². The summed E-state index contributed by atoms with van der Waals surface area (Å²) in [5.74, 6) is 0. The van der Waals surface area contributed by atoms with Crippen molar-refractivity contribution in [2.75, 3.05) is 18.1 Å². The molecule has 1 aliphatic heterocycles. The Morgan fingerprint density at radius 2 is 2.28 bits per heavy atom. The summed E-state index contributed by atoms with van der Waals surface area (Å²) in [6, 6.07) is 7.20. The Kier molecular flexibility index (Phi) is 3.27. The van der Waals surface area contributed by atoms with Crippen LogP contribution in [0.25, 0.3) is 0 Å². The Bertz CT molecular complexity index is 433. The van der Waals surface area contributed by atoms with Gasteiger partial charge in [0, 0.05) is 18.8 Å². The Morgan fingerprint density at radius 3 is 3.11 bits per heavy atom. The van der Waals surface area contributed by atoms with Crippen molar-refractivity contribution in [3.63, 3.8) is 0 Å². The van der Waals surface area contributed by atoms with E-state index in [1.54, 1.807) is 0 Å². The van der Waals surface area contributed by atoms with Crippen molar-refractivity contribution < 1.29 is 4.74 Å². The number of morpholine rings is 1. The summed E-state index contributed by atoms with van der Waals surface area (Å²) in [5.41, 5.74) is 9.78. The van der Waals surface area contributed by atoms with Crippen molar-refractivity contribution in [2.24, 2.45) is 5.73 Å². The summed E-state index contributed by atoms with van der Waals surface area (Å²) in [4.78, 5) is 2.53. The quantitative estimate of drug-likeness (QED) is 0.869. The number of nitrogens with two attached hydrogens (primary N) is 1. The smallest absolute Gasteiger partial charge is 0.0779 e. The number of hydrogen-bond acceptors (Lipinski definition) is 3. The molecule has 2 N–H and O–H groups in total. The maximum absolute atomic E-state index is 5.91. The van der Waals surface area contributed by atoms with Gasteiger partial charge in [0.2, 0.25) is 0 Å². The van der Waals surface area contributed by atoms with Crippen molar-refractivity contribution in [3.8, 4) is 0 Å². The van der Waals surface area contributed by atoms with Crippen molar-refractivity contribution in [2.45, 2.75) is 44.9 Å². The highest BCUT2D eigenvalue weighted by molar-refractivity contribution is 5.56. The molecular weight excluding hydrogens is 224 g/mol. The molecule has 0 spiro atoms. The second kappa shape index (κ2) is 4.90. The van der Waals surface area contributed by atoms with Gasteiger partial charge in [0.25, 0.3) is 0 Å². The number of fused-ring (bicyclic) bond motifs is 1. The summed E-state index contributed by atoms with van der Waals surface area (Å²) < 4.78 is 5.88. The van der Waals surface area contributed by atoms with Crippen LogP contribution < -0.4 is 10.6 Å². The van der Waals surface area contributed by atoms with Crippen LogP contribution in [0.1, 0.15) is 30.4 Å². The molecule has 0 aromatic heterocycles. The van der Waals surface area contributed by atoms with E-state index in [2.05, 4.69) is 30.0 Å². The number of hydrogen-bond donors (Lipinski definition) is 1. The molecule has 3 rings (SSSR count). The molecule has 2 aliphatic rings. The van der Waals surface area contributed by atoms with E-state index in [1.807, 2.05) is 0 Å². The van der Waals surface area contributed by atoms with Gasteiger partial charge >= 0.3 is 0 Å². The molecule has 2 atom stereocenters. The van der Waals surface area contributed by atoms with Crippen LogP contribution in [0, 0.1) is 6.92 Å². The molecule has 2 unspecified atom stereocenters. The van der Waals surface area contributed by atoms with Gasteiger partial charge in [0.05, 0.1) is 18.8 Å². The molecule has 1 heterocycles. The number of aryl methyl sites for hydroxylation is 1. The van der Waals surface area contributed by atoms with Crippen molar-refractivity contribution in [1.29, 1.82) is 0 Å². The molecule has 0 bridgehead atoms. The summed E-state index contributed by atoms with van der Waals surface area (Å²) >= 11 is 0. The van der Waals surface area contributed by atoms with Crippen LogP contribution >= 0.6 is 0 Å². The van der Waals surface area contributed by atoms with Crippen LogP contribution in [0.15, 0.2) is 18.2 Å². The fourth-order valence-electron chi connectivity index (χ4n) is 3.38. The van der Waals surface area contributed by atoms with E-state index in [0.717, 1.165) is 13.2 Å². The first-order valence-corrected chi connectivity index (χ1v) is 6.97. The third-order valence-electron chi connectivity index (χ3n) is 4.25. The van der Waals surface area contributed by atoms with Gasteiger partial charge in [-0.05, 0) is 37.8 Å². The molecule has 0 radical (unpaired) electrons. The van der Waals surface area contributed by atoms with Crippen LogP contribution in [0.3, 0.4) is 0 Å². The zero-order valence-electron chi connectivity index (χ0n) is 11.1. The van der Waals surface area contributed by atoms with E-state index in [9.17, 15) is 0 Å². The highest BCUT2D eigenvalue weighted by Crippen LogP contribution is 2.34. The molecule has 0 amide bonds. The summed E-state index contributed by atoms with van der Waals surface area (Å²) in [7, 11) is 0. The van der Waals surface area contributed by atoms with Gasteiger partial charge in [-0.2, -0.15) is 0 Å². The third-order valence-corrected chi connectivity index (χ3v) is 4.25. The standard InChI is InChI=1S/C15H22N2O/c1-11-5-6-13(12(9-11)10-16)17-7-8-18-15-4-2-3-14(15)17/h5-6,9,14-15H,2-4,7-8,10,16H2,1H3. The van der Waals surface area contributed by atoms with E-state index in [-0.39, 0.29) is 0 Å². The molecule has 1 aromatic rings. The number of rotatable bonds is 2. The minimum Gasteiger partial charge on any atom is -0.374 e. The molecule has 3 heteroatoms. The lowest BCUT2D eigenvalue weighted by molar-refractivity contribution is 0.0256. The monoisotopic (exact) mass is 246 g/mol. The van der Waals surface area contributed by atoms with Gasteiger partial charge in [-0.1, -0.05) is 17.7 Å². The van der Waals surface area contributed by atoms with E-state index < -0.39 is 0 Å². The lowest BCUT2D eigenvalue weighted by Crippen LogP contribution is -2.49. The Labute approximate surface area is 109 Å². The van der Waals surface area contributed by atoms with Crippen molar-refractivity contribution >= 4 is 5.69 Å². The van der Waals surface area contributed by atoms with Gasteiger partial charge in [0.15, 0.2) is 0 Å². The van der Waals surface area contributed by atoms with Crippen LogP contribution in [-0.2, 0) is 11.3 Å². The van der Waals surface area contributed by atoms with E-state index in [4.69, 9.17) is 10.5 Å². The molecule has 1 aromatic carbocycles. The molecule has 18 heavy (non-hydrogen) atoms. The normalized spacial score (nSPS) is 27.3. The second-order valence-corrected chi connectivity index (χ2v) is 5.44. The van der Waals surface area contributed by atoms with E-state index in [0.29, 0.717) is 18.7 Å². The average Bonchev–Trinajstić information content (AvgIpc) is 2.86. The summed E-state index contributed by atoms with van der Waals surface area (Å²) in [6.07, 6.45) is 4.19. The van der Waals surface area contributed by atoms with Crippen LogP contribution in [0.5, 0.6) is 0 Å². The summed E-state index contributed by atoms with van der Waals surface area (Å²) in [5, 5.41) is 0. The number of nitrogens with zero attached hydrogens (tertiary/aromatic N) is 1. The molecule has 1 aliphatic carbocycles. The Hall–Kier alpha value is -1.06. The maximum atomic E-state index is 5.91. The Balaban J connectivity index is 1.93. The average molecular weight is 246 g/mol. The topological polar surface area (TPSA) is 38.5 Å². The number of ether oxygens (including phenoxy) is 1. The predicted molar refractivity (Wildman–Crippen MR) is 73.8 cm³/mol. The largest absolute Gasteiger partial charge is 0.374 e. The lowest BCUT2D eigenvalue weighted by atomic mass is 10.0.